The predicted octanol–water partition coefficient (Wildman–Crippen LogP) is 2.51. The zero-order chi connectivity index (χ0) is 14.8. The predicted molar refractivity (Wildman–Crippen MR) is 88.5 cm³/mol. The van der Waals surface area contributed by atoms with E-state index in [0.29, 0.717) is 16.7 Å². The van der Waals surface area contributed by atoms with Crippen molar-refractivity contribution in [2.75, 3.05) is 13.1 Å². The van der Waals surface area contributed by atoms with Gasteiger partial charge in [0.1, 0.15) is 0 Å². The number of benzene rings is 1. The lowest BCUT2D eigenvalue weighted by Gasteiger charge is -2.30. The number of nitrogens with one attached hydrogen (secondary N) is 2. The molecule has 6 heteroatoms. The zero-order valence-electron chi connectivity index (χ0n) is 12.8. The van der Waals surface area contributed by atoms with Gasteiger partial charge < -0.3 is 5.32 Å². The molecule has 1 aliphatic rings. The molecule has 4 nitrogen and oxygen atoms in total. The lowest BCUT2D eigenvalue weighted by molar-refractivity contribution is 0.328. The van der Waals surface area contributed by atoms with Crippen LogP contribution in [0.5, 0.6) is 0 Å². The Labute approximate surface area is 134 Å². The molecule has 2 unspecified atom stereocenters. The molecule has 1 aromatic rings. The second-order valence-corrected chi connectivity index (χ2v) is 7.64. The average Bonchev–Trinajstić information content (AvgIpc) is 2.41. The van der Waals surface area contributed by atoms with Gasteiger partial charge in [0.15, 0.2) is 0 Å². The summed E-state index contributed by atoms with van der Waals surface area (Å²) in [5.41, 5.74) is 1.15. The van der Waals surface area contributed by atoms with Crippen molar-refractivity contribution < 1.29 is 8.42 Å². The second-order valence-electron chi connectivity index (χ2n) is 5.92. The van der Waals surface area contributed by atoms with Gasteiger partial charge in [-0.05, 0) is 49.0 Å². The van der Waals surface area contributed by atoms with Gasteiger partial charge in [0.25, 0.3) is 0 Å². The Morgan fingerprint density at radius 1 is 1.24 bits per heavy atom. The highest BCUT2D eigenvalue weighted by Gasteiger charge is 2.26. The number of halogens is 1. The van der Waals surface area contributed by atoms with Crippen LogP contribution in [0.3, 0.4) is 0 Å². The van der Waals surface area contributed by atoms with E-state index in [0.717, 1.165) is 25.1 Å². The van der Waals surface area contributed by atoms with Gasteiger partial charge in [-0.1, -0.05) is 32.9 Å². The minimum atomic E-state index is -3.41. The van der Waals surface area contributed by atoms with Crippen molar-refractivity contribution in [3.8, 4) is 0 Å². The van der Waals surface area contributed by atoms with Crippen LogP contribution in [-0.4, -0.2) is 27.5 Å². The Morgan fingerprint density at radius 2 is 1.86 bits per heavy atom. The molecule has 120 valence electrons. The third-order valence-corrected chi connectivity index (χ3v) is 5.45. The molecule has 21 heavy (non-hydrogen) atoms. The first-order valence-corrected chi connectivity index (χ1v) is 8.71. The summed E-state index contributed by atoms with van der Waals surface area (Å²) in [5, 5.41) is 3.28. The summed E-state index contributed by atoms with van der Waals surface area (Å²) in [6.45, 7) is 7.99. The number of piperidine rings is 1. The van der Waals surface area contributed by atoms with Crippen LogP contribution in [0.1, 0.15) is 38.7 Å². The van der Waals surface area contributed by atoms with E-state index in [4.69, 9.17) is 0 Å². The van der Waals surface area contributed by atoms with E-state index in [1.165, 1.54) is 0 Å². The Kier molecular flexibility index (Phi) is 6.66. The van der Waals surface area contributed by atoms with Gasteiger partial charge in [-0.2, -0.15) is 0 Å². The van der Waals surface area contributed by atoms with Crippen LogP contribution in [-0.2, 0) is 10.0 Å². The molecule has 1 aromatic carbocycles. The summed E-state index contributed by atoms with van der Waals surface area (Å²) < 4.78 is 27.6. The van der Waals surface area contributed by atoms with Crippen molar-refractivity contribution in [3.05, 3.63) is 29.8 Å². The standard InChI is InChI=1S/C15H24N2O2S.ClH/c1-11(2)13-4-6-14(7-5-13)20(18,19)17-15-8-9-16-10-12(15)3;/h4-7,11-12,15-17H,8-10H2,1-3H3;1H. The molecule has 1 heterocycles. The zero-order valence-corrected chi connectivity index (χ0v) is 14.4. The van der Waals surface area contributed by atoms with Crippen LogP contribution in [0.4, 0.5) is 0 Å². The van der Waals surface area contributed by atoms with E-state index in [9.17, 15) is 8.42 Å². The Bertz CT molecular complexity index is 543. The molecule has 2 rings (SSSR count). The van der Waals surface area contributed by atoms with Gasteiger partial charge in [0.05, 0.1) is 4.90 Å². The first-order chi connectivity index (χ1) is 9.40. The maximum Gasteiger partial charge on any atom is 0.240 e. The Balaban J connectivity index is 0.00000220. The molecule has 2 atom stereocenters. The van der Waals surface area contributed by atoms with Gasteiger partial charge in [0.2, 0.25) is 10.0 Å². The van der Waals surface area contributed by atoms with Crippen LogP contribution in [0.15, 0.2) is 29.2 Å². The van der Waals surface area contributed by atoms with E-state index >= 15 is 0 Å². The summed E-state index contributed by atoms with van der Waals surface area (Å²) in [5.74, 6) is 0.720. The molecular formula is C15H25ClN2O2S. The van der Waals surface area contributed by atoms with Gasteiger partial charge in [-0.3, -0.25) is 0 Å². The summed E-state index contributed by atoms with van der Waals surface area (Å²) in [6, 6.07) is 7.20. The van der Waals surface area contributed by atoms with Crippen molar-refractivity contribution in [2.45, 2.75) is 44.0 Å². The minimum Gasteiger partial charge on any atom is -0.316 e. The molecule has 0 bridgehead atoms. The fourth-order valence-electron chi connectivity index (χ4n) is 2.49. The fraction of sp³-hybridized carbons (Fsp3) is 0.600. The van der Waals surface area contributed by atoms with Gasteiger partial charge in [-0.25, -0.2) is 13.1 Å². The van der Waals surface area contributed by atoms with Gasteiger partial charge >= 0.3 is 0 Å². The molecule has 2 N–H and O–H groups in total. The molecular weight excluding hydrogens is 308 g/mol. The first kappa shape index (κ1) is 18.4. The lowest BCUT2D eigenvalue weighted by atomic mass is 9.97. The van der Waals surface area contributed by atoms with E-state index in [1.54, 1.807) is 12.1 Å². The molecule has 1 saturated heterocycles. The van der Waals surface area contributed by atoms with Crippen LogP contribution in [0, 0.1) is 5.92 Å². The monoisotopic (exact) mass is 332 g/mol. The molecule has 0 radical (unpaired) electrons. The average molecular weight is 333 g/mol. The molecule has 0 spiro atoms. The van der Waals surface area contributed by atoms with Gasteiger partial charge in [-0.15, -0.1) is 12.4 Å². The fourth-order valence-corrected chi connectivity index (χ4v) is 3.87. The van der Waals surface area contributed by atoms with E-state index in [-0.39, 0.29) is 18.4 Å². The highest BCUT2D eigenvalue weighted by atomic mass is 35.5. The quantitative estimate of drug-likeness (QED) is 0.890. The SMILES string of the molecule is CC(C)c1ccc(S(=O)(=O)NC2CCNCC2C)cc1.Cl. The number of sulfonamides is 1. The number of rotatable bonds is 4. The second kappa shape index (κ2) is 7.58. The molecule has 0 aromatic heterocycles. The summed E-state index contributed by atoms with van der Waals surface area (Å²) in [7, 11) is -3.41. The van der Waals surface area contributed by atoms with Crippen LogP contribution in [0.25, 0.3) is 0 Å². The summed E-state index contributed by atoms with van der Waals surface area (Å²) in [6.07, 6.45) is 0.838. The van der Waals surface area contributed by atoms with Crippen LogP contribution >= 0.6 is 12.4 Å². The van der Waals surface area contributed by atoms with E-state index < -0.39 is 10.0 Å². The van der Waals surface area contributed by atoms with E-state index in [1.807, 2.05) is 12.1 Å². The van der Waals surface area contributed by atoms with Crippen molar-refractivity contribution in [3.63, 3.8) is 0 Å². The largest absolute Gasteiger partial charge is 0.316 e. The van der Waals surface area contributed by atoms with Crippen molar-refractivity contribution >= 4 is 22.4 Å². The number of hydrogen-bond donors (Lipinski definition) is 2. The Hall–Kier alpha value is -0.620. The van der Waals surface area contributed by atoms with E-state index in [2.05, 4.69) is 30.8 Å². The van der Waals surface area contributed by atoms with Crippen LogP contribution in [0.2, 0.25) is 0 Å². The smallest absolute Gasteiger partial charge is 0.240 e. The van der Waals surface area contributed by atoms with Crippen LogP contribution < -0.4 is 10.0 Å². The topological polar surface area (TPSA) is 58.2 Å². The van der Waals surface area contributed by atoms with Crippen molar-refractivity contribution in [2.24, 2.45) is 5.92 Å². The highest BCUT2D eigenvalue weighted by Crippen LogP contribution is 2.19. The third-order valence-electron chi connectivity index (χ3n) is 3.95. The molecule has 1 aliphatic heterocycles. The number of hydrogen-bond acceptors (Lipinski definition) is 3. The molecule has 0 amide bonds. The van der Waals surface area contributed by atoms with Gasteiger partial charge in [0, 0.05) is 6.04 Å². The molecule has 0 aliphatic carbocycles. The summed E-state index contributed by atoms with van der Waals surface area (Å²) in [4.78, 5) is 0.354. The lowest BCUT2D eigenvalue weighted by Crippen LogP contribution is -2.48. The maximum atomic E-state index is 12.4. The highest BCUT2D eigenvalue weighted by molar-refractivity contribution is 7.89. The summed E-state index contributed by atoms with van der Waals surface area (Å²) >= 11 is 0. The van der Waals surface area contributed by atoms with Crippen molar-refractivity contribution in [1.29, 1.82) is 0 Å². The maximum absolute atomic E-state index is 12.4. The van der Waals surface area contributed by atoms with Crippen molar-refractivity contribution in [1.82, 2.24) is 10.0 Å². The first-order valence-electron chi connectivity index (χ1n) is 7.23. The molecule has 0 saturated carbocycles. The third kappa shape index (κ3) is 4.68. The molecule has 1 fully saturated rings. The minimum absolute atomic E-state index is 0. The normalized spacial score (nSPS) is 22.9. The Morgan fingerprint density at radius 3 is 2.38 bits per heavy atom.